The first-order valence-corrected chi connectivity index (χ1v) is 9.06. The van der Waals surface area contributed by atoms with Gasteiger partial charge in [-0.3, -0.25) is 0 Å². The summed E-state index contributed by atoms with van der Waals surface area (Å²) in [6, 6.07) is 15.6. The van der Waals surface area contributed by atoms with Crippen LogP contribution in [0, 0.1) is 0 Å². The van der Waals surface area contributed by atoms with Crippen LogP contribution < -0.4 is 5.32 Å². The lowest BCUT2D eigenvalue weighted by Crippen LogP contribution is -2.36. The lowest BCUT2D eigenvalue weighted by molar-refractivity contribution is 0.264. The molecule has 0 unspecified atom stereocenters. The van der Waals surface area contributed by atoms with Gasteiger partial charge in [-0.15, -0.1) is 11.3 Å². The average molecular weight is 323 g/mol. The molecule has 0 radical (unpaired) electrons. The van der Waals surface area contributed by atoms with Crippen molar-refractivity contribution in [3.05, 3.63) is 47.8 Å². The molecule has 1 N–H and O–H groups in total. The Balaban J connectivity index is 1.52. The van der Waals surface area contributed by atoms with Crippen LogP contribution in [-0.4, -0.2) is 36.1 Å². The Hall–Kier alpha value is -1.91. The topological polar surface area (TPSA) is 28.2 Å². The van der Waals surface area contributed by atoms with Gasteiger partial charge in [0.25, 0.3) is 0 Å². The lowest BCUT2D eigenvalue weighted by Gasteiger charge is -2.29. The van der Waals surface area contributed by atoms with Crippen LogP contribution in [0.1, 0.15) is 12.8 Å². The largest absolute Gasteiger partial charge is 0.359 e. The summed E-state index contributed by atoms with van der Waals surface area (Å²) in [5.74, 6) is 0. The number of hydrogen-bond donors (Lipinski definition) is 1. The van der Waals surface area contributed by atoms with Crippen molar-refractivity contribution in [3.63, 3.8) is 0 Å². The van der Waals surface area contributed by atoms with Crippen LogP contribution in [0.2, 0.25) is 0 Å². The highest BCUT2D eigenvalue weighted by molar-refractivity contribution is 7.14. The molecular formula is C19H21N3S. The predicted octanol–water partition coefficient (Wildman–Crippen LogP) is 4.47. The summed E-state index contributed by atoms with van der Waals surface area (Å²) < 4.78 is 0. The minimum Gasteiger partial charge on any atom is -0.359 e. The zero-order valence-corrected chi connectivity index (χ0v) is 14.1. The van der Waals surface area contributed by atoms with E-state index in [-0.39, 0.29) is 0 Å². The average Bonchev–Trinajstić information content (AvgIpc) is 3.05. The highest BCUT2D eigenvalue weighted by Gasteiger charge is 2.17. The second kappa shape index (κ2) is 6.30. The molecule has 0 aliphatic carbocycles. The maximum Gasteiger partial charge on any atom is 0.183 e. The van der Waals surface area contributed by atoms with Crippen molar-refractivity contribution in [2.75, 3.05) is 25.5 Å². The van der Waals surface area contributed by atoms with Gasteiger partial charge in [-0.1, -0.05) is 36.4 Å². The number of aromatic nitrogens is 1. The van der Waals surface area contributed by atoms with E-state index in [1.807, 2.05) is 0 Å². The molecule has 1 saturated heterocycles. The first kappa shape index (κ1) is 14.7. The van der Waals surface area contributed by atoms with E-state index in [0.717, 1.165) is 10.8 Å². The fourth-order valence-corrected chi connectivity index (χ4v) is 3.95. The van der Waals surface area contributed by atoms with Gasteiger partial charge in [-0.05, 0) is 49.8 Å². The molecule has 1 aliphatic heterocycles. The molecule has 4 rings (SSSR count). The minimum absolute atomic E-state index is 0.557. The Morgan fingerprint density at radius 2 is 1.87 bits per heavy atom. The van der Waals surface area contributed by atoms with E-state index >= 15 is 0 Å². The molecule has 1 aliphatic rings. The maximum atomic E-state index is 4.79. The van der Waals surface area contributed by atoms with Crippen LogP contribution in [0.4, 0.5) is 5.13 Å². The van der Waals surface area contributed by atoms with Crippen LogP contribution in [-0.2, 0) is 0 Å². The molecule has 2 aromatic carbocycles. The monoisotopic (exact) mass is 323 g/mol. The summed E-state index contributed by atoms with van der Waals surface area (Å²) >= 11 is 1.71. The summed E-state index contributed by atoms with van der Waals surface area (Å²) in [7, 11) is 2.19. The molecule has 0 amide bonds. The summed E-state index contributed by atoms with van der Waals surface area (Å²) in [6.07, 6.45) is 2.39. The summed E-state index contributed by atoms with van der Waals surface area (Å²) in [5.41, 5.74) is 2.26. The molecule has 2 heterocycles. The fourth-order valence-electron chi connectivity index (χ4n) is 3.15. The smallest absolute Gasteiger partial charge is 0.183 e. The zero-order valence-electron chi connectivity index (χ0n) is 13.3. The van der Waals surface area contributed by atoms with Crippen LogP contribution in [0.25, 0.3) is 22.0 Å². The van der Waals surface area contributed by atoms with Crippen molar-refractivity contribution in [1.29, 1.82) is 0 Å². The normalized spacial score (nSPS) is 16.7. The Kier molecular flexibility index (Phi) is 4.02. The van der Waals surface area contributed by atoms with E-state index in [4.69, 9.17) is 4.98 Å². The van der Waals surface area contributed by atoms with Gasteiger partial charge >= 0.3 is 0 Å². The number of nitrogens with zero attached hydrogens (tertiary/aromatic N) is 2. The number of anilines is 1. The molecule has 4 heteroatoms. The van der Waals surface area contributed by atoms with Crippen molar-refractivity contribution in [1.82, 2.24) is 9.88 Å². The van der Waals surface area contributed by atoms with Crippen molar-refractivity contribution < 1.29 is 0 Å². The molecule has 3 aromatic rings. The Bertz CT molecular complexity index is 803. The van der Waals surface area contributed by atoms with Crippen molar-refractivity contribution >= 4 is 27.2 Å². The number of likely N-dealkylation sites (tertiary alicyclic amines) is 1. The third-order valence-electron chi connectivity index (χ3n) is 4.60. The SMILES string of the molecule is CN1CCC(Nc2nc(-c3ccc4ccccc4c3)cs2)CC1. The van der Waals surface area contributed by atoms with Crippen molar-refractivity contribution in [2.24, 2.45) is 0 Å². The van der Waals surface area contributed by atoms with Crippen LogP contribution in [0.3, 0.4) is 0 Å². The maximum absolute atomic E-state index is 4.79. The molecule has 0 spiro atoms. The zero-order chi connectivity index (χ0) is 15.6. The lowest BCUT2D eigenvalue weighted by atomic mass is 10.1. The van der Waals surface area contributed by atoms with E-state index in [2.05, 4.69) is 65.1 Å². The van der Waals surface area contributed by atoms with E-state index < -0.39 is 0 Å². The second-order valence-corrected chi connectivity index (χ2v) is 7.18. The first-order valence-electron chi connectivity index (χ1n) is 8.18. The number of nitrogens with one attached hydrogen (secondary N) is 1. The third kappa shape index (κ3) is 3.23. The number of fused-ring (bicyclic) bond motifs is 1. The quantitative estimate of drug-likeness (QED) is 0.771. The summed E-state index contributed by atoms with van der Waals surface area (Å²) in [6.45, 7) is 2.33. The number of rotatable bonds is 3. The fraction of sp³-hybridized carbons (Fsp3) is 0.316. The van der Waals surface area contributed by atoms with Crippen LogP contribution >= 0.6 is 11.3 Å². The highest BCUT2D eigenvalue weighted by atomic mass is 32.1. The van der Waals surface area contributed by atoms with Gasteiger partial charge in [0, 0.05) is 17.0 Å². The van der Waals surface area contributed by atoms with E-state index in [9.17, 15) is 0 Å². The first-order chi connectivity index (χ1) is 11.3. The Labute approximate surface area is 141 Å². The van der Waals surface area contributed by atoms with E-state index in [1.54, 1.807) is 11.3 Å². The van der Waals surface area contributed by atoms with Gasteiger partial charge in [-0.2, -0.15) is 0 Å². The van der Waals surface area contributed by atoms with Gasteiger partial charge < -0.3 is 10.2 Å². The number of piperidine rings is 1. The summed E-state index contributed by atoms with van der Waals surface area (Å²) in [4.78, 5) is 7.18. The molecule has 0 bridgehead atoms. The standard InChI is InChI=1S/C19H21N3S/c1-22-10-8-17(9-11-22)20-19-21-18(13-23-19)16-7-6-14-4-2-3-5-15(14)12-16/h2-7,12-13,17H,8-11H2,1H3,(H,20,21). The van der Waals surface area contributed by atoms with Gasteiger partial charge in [0.2, 0.25) is 0 Å². The number of benzene rings is 2. The van der Waals surface area contributed by atoms with Crippen molar-refractivity contribution in [2.45, 2.75) is 18.9 Å². The highest BCUT2D eigenvalue weighted by Crippen LogP contribution is 2.28. The van der Waals surface area contributed by atoms with E-state index in [0.29, 0.717) is 6.04 Å². The van der Waals surface area contributed by atoms with Crippen molar-refractivity contribution in [3.8, 4) is 11.3 Å². The molecule has 0 saturated carbocycles. The number of hydrogen-bond acceptors (Lipinski definition) is 4. The van der Waals surface area contributed by atoms with Gasteiger partial charge in [0.1, 0.15) is 0 Å². The van der Waals surface area contributed by atoms with Gasteiger partial charge in [0.15, 0.2) is 5.13 Å². The van der Waals surface area contributed by atoms with Crippen LogP contribution in [0.15, 0.2) is 47.8 Å². The third-order valence-corrected chi connectivity index (χ3v) is 5.37. The molecule has 118 valence electrons. The molecule has 0 atom stereocenters. The second-order valence-electron chi connectivity index (χ2n) is 6.32. The van der Waals surface area contributed by atoms with Crippen LogP contribution in [0.5, 0.6) is 0 Å². The Morgan fingerprint density at radius 3 is 2.70 bits per heavy atom. The van der Waals surface area contributed by atoms with Gasteiger partial charge in [-0.25, -0.2) is 4.98 Å². The predicted molar refractivity (Wildman–Crippen MR) is 99.2 cm³/mol. The molecule has 23 heavy (non-hydrogen) atoms. The summed E-state index contributed by atoms with van der Waals surface area (Å²) in [5, 5.41) is 9.35. The minimum atomic E-state index is 0.557. The van der Waals surface area contributed by atoms with Gasteiger partial charge in [0.05, 0.1) is 5.69 Å². The molecular weight excluding hydrogens is 302 g/mol. The Morgan fingerprint density at radius 1 is 1.09 bits per heavy atom. The molecule has 1 aromatic heterocycles. The number of thiazole rings is 1. The van der Waals surface area contributed by atoms with E-state index in [1.165, 1.54) is 42.3 Å². The molecule has 1 fully saturated rings. The molecule has 3 nitrogen and oxygen atoms in total.